The first kappa shape index (κ1) is 22.3. The normalized spacial score (nSPS) is 17.3. The molecule has 0 spiro atoms. The molecule has 1 aliphatic rings. The molecule has 1 unspecified atom stereocenters. The number of hydrogen-bond donors (Lipinski definition) is 2. The Morgan fingerprint density at radius 1 is 1.19 bits per heavy atom. The number of carbonyl (C=O) groups excluding carboxylic acids is 1. The Labute approximate surface area is 192 Å². The number of amides is 1. The van der Waals surface area contributed by atoms with Gasteiger partial charge in [-0.2, -0.15) is 0 Å². The van der Waals surface area contributed by atoms with Crippen LogP contribution < -0.4 is 5.56 Å². The summed E-state index contributed by atoms with van der Waals surface area (Å²) in [5.74, 6) is 0. The average Bonchev–Trinajstić information content (AvgIpc) is 3.08. The van der Waals surface area contributed by atoms with E-state index in [1.165, 1.54) is 0 Å². The second-order valence-electron chi connectivity index (χ2n) is 9.32. The highest BCUT2D eigenvalue weighted by molar-refractivity contribution is 7.71. The van der Waals surface area contributed by atoms with Gasteiger partial charge in [-0.05, 0) is 63.0 Å². The molecule has 1 saturated heterocycles. The van der Waals surface area contributed by atoms with E-state index in [4.69, 9.17) is 17.0 Å². The molecule has 3 aromatic rings. The molecule has 0 bridgehead atoms. The third kappa shape index (κ3) is 4.65. The Kier molecular flexibility index (Phi) is 6.24. The second kappa shape index (κ2) is 8.94. The van der Waals surface area contributed by atoms with Crippen LogP contribution in [-0.2, 0) is 11.3 Å². The average molecular weight is 455 g/mol. The van der Waals surface area contributed by atoms with Crippen LogP contribution in [0.4, 0.5) is 4.79 Å². The molecule has 1 amide bonds. The van der Waals surface area contributed by atoms with Gasteiger partial charge in [-0.25, -0.2) is 4.79 Å². The fourth-order valence-corrected chi connectivity index (χ4v) is 4.66. The van der Waals surface area contributed by atoms with Crippen molar-refractivity contribution in [3.05, 3.63) is 62.8 Å². The molecule has 2 N–H and O–H groups in total. The standard InChI is InChI=1S/C24H30N4O3S/c1-24(2,3)31-23(30)27-14-8-4-5-11-18(27)17-10-7-6-9-16(17)15-28-19-12-13-25-20(19)21(29)26-22(28)32/h6-7,9-10,12-13,18,25H,4-5,8,11,14-15H2,1-3H3,(H,26,29,32). The van der Waals surface area contributed by atoms with Crippen LogP contribution in [0.2, 0.25) is 0 Å². The predicted octanol–water partition coefficient (Wildman–Crippen LogP) is 5.29. The van der Waals surface area contributed by atoms with Gasteiger partial charge < -0.3 is 19.2 Å². The van der Waals surface area contributed by atoms with Gasteiger partial charge in [0.25, 0.3) is 5.56 Å². The maximum Gasteiger partial charge on any atom is 0.410 e. The van der Waals surface area contributed by atoms with Crippen molar-refractivity contribution in [2.24, 2.45) is 0 Å². The molecule has 1 aliphatic heterocycles. The maximum absolute atomic E-state index is 13.1. The monoisotopic (exact) mass is 454 g/mol. The second-order valence-corrected chi connectivity index (χ2v) is 9.71. The zero-order chi connectivity index (χ0) is 22.9. The van der Waals surface area contributed by atoms with Gasteiger partial charge in [-0.3, -0.25) is 9.78 Å². The van der Waals surface area contributed by atoms with Crippen LogP contribution in [0.5, 0.6) is 0 Å². The number of benzene rings is 1. The number of fused-ring (bicyclic) bond motifs is 1. The molecule has 8 heteroatoms. The van der Waals surface area contributed by atoms with Crippen molar-refractivity contribution >= 4 is 29.3 Å². The Balaban J connectivity index is 1.74. The minimum Gasteiger partial charge on any atom is -0.444 e. The quantitative estimate of drug-likeness (QED) is 0.527. The molecule has 0 aliphatic carbocycles. The lowest BCUT2D eigenvalue weighted by Gasteiger charge is -2.33. The van der Waals surface area contributed by atoms with Gasteiger partial charge in [0, 0.05) is 12.7 Å². The van der Waals surface area contributed by atoms with Crippen molar-refractivity contribution < 1.29 is 9.53 Å². The molecule has 1 fully saturated rings. The van der Waals surface area contributed by atoms with Crippen molar-refractivity contribution in [2.75, 3.05) is 6.54 Å². The van der Waals surface area contributed by atoms with E-state index in [1.807, 2.05) is 48.4 Å². The van der Waals surface area contributed by atoms with E-state index >= 15 is 0 Å². The van der Waals surface area contributed by atoms with Crippen LogP contribution in [0.25, 0.3) is 11.0 Å². The number of ether oxygens (including phenoxy) is 1. The molecular formula is C24H30N4O3S. The summed E-state index contributed by atoms with van der Waals surface area (Å²) in [6.45, 7) is 6.86. The van der Waals surface area contributed by atoms with Crippen LogP contribution in [0.1, 0.15) is 63.6 Å². The molecule has 32 heavy (non-hydrogen) atoms. The minimum atomic E-state index is -0.545. The summed E-state index contributed by atoms with van der Waals surface area (Å²) in [7, 11) is 0. The highest BCUT2D eigenvalue weighted by Gasteiger charge is 2.31. The smallest absolute Gasteiger partial charge is 0.410 e. The third-order valence-corrected chi connectivity index (χ3v) is 6.15. The van der Waals surface area contributed by atoms with Crippen LogP contribution in [0.3, 0.4) is 0 Å². The van der Waals surface area contributed by atoms with Gasteiger partial charge in [-0.1, -0.05) is 37.1 Å². The summed E-state index contributed by atoms with van der Waals surface area (Å²) in [5, 5.41) is 0. The molecular weight excluding hydrogens is 424 g/mol. The molecule has 0 radical (unpaired) electrons. The Bertz CT molecular complexity index is 1230. The number of rotatable bonds is 3. The van der Waals surface area contributed by atoms with E-state index in [0.29, 0.717) is 23.4 Å². The lowest BCUT2D eigenvalue weighted by molar-refractivity contribution is 0.0162. The van der Waals surface area contributed by atoms with Crippen LogP contribution in [0.15, 0.2) is 41.3 Å². The van der Waals surface area contributed by atoms with Crippen LogP contribution in [-0.4, -0.2) is 37.7 Å². The molecule has 3 heterocycles. The van der Waals surface area contributed by atoms with Crippen molar-refractivity contribution in [2.45, 2.75) is 64.6 Å². The van der Waals surface area contributed by atoms with Gasteiger partial charge >= 0.3 is 6.09 Å². The molecule has 170 valence electrons. The zero-order valence-corrected chi connectivity index (χ0v) is 19.6. The van der Waals surface area contributed by atoms with Crippen LogP contribution in [0, 0.1) is 4.77 Å². The zero-order valence-electron chi connectivity index (χ0n) is 18.8. The number of aromatic nitrogens is 3. The predicted molar refractivity (Wildman–Crippen MR) is 127 cm³/mol. The first-order valence-corrected chi connectivity index (χ1v) is 11.5. The van der Waals surface area contributed by atoms with Crippen molar-refractivity contribution in [1.82, 2.24) is 19.4 Å². The van der Waals surface area contributed by atoms with E-state index in [2.05, 4.69) is 22.1 Å². The fourth-order valence-electron chi connectivity index (χ4n) is 4.41. The summed E-state index contributed by atoms with van der Waals surface area (Å²) in [5.41, 5.74) is 2.66. The first-order chi connectivity index (χ1) is 15.2. The Hall–Kier alpha value is -2.87. The van der Waals surface area contributed by atoms with Crippen molar-refractivity contribution in [3.63, 3.8) is 0 Å². The number of H-pyrrole nitrogens is 2. The van der Waals surface area contributed by atoms with E-state index in [9.17, 15) is 9.59 Å². The molecule has 2 aromatic heterocycles. The SMILES string of the molecule is CC(C)(C)OC(=O)N1CCCCCC1c1ccccc1Cn1c(=S)[nH]c(=O)c2[nH]ccc21. The number of nitrogens with zero attached hydrogens (tertiary/aromatic N) is 2. The summed E-state index contributed by atoms with van der Waals surface area (Å²) >= 11 is 5.49. The number of carbonyl (C=O) groups is 1. The van der Waals surface area contributed by atoms with Gasteiger partial charge in [0.15, 0.2) is 4.77 Å². The van der Waals surface area contributed by atoms with Gasteiger partial charge in [0.2, 0.25) is 0 Å². The highest BCUT2D eigenvalue weighted by atomic mass is 32.1. The largest absolute Gasteiger partial charge is 0.444 e. The summed E-state index contributed by atoms with van der Waals surface area (Å²) in [6.07, 6.45) is 5.46. The Morgan fingerprint density at radius 2 is 1.97 bits per heavy atom. The van der Waals surface area contributed by atoms with Crippen LogP contribution >= 0.6 is 12.2 Å². The lowest BCUT2D eigenvalue weighted by Crippen LogP contribution is -2.39. The van der Waals surface area contributed by atoms with Gasteiger partial charge in [0.1, 0.15) is 11.1 Å². The summed E-state index contributed by atoms with van der Waals surface area (Å²) in [4.78, 5) is 32.9. The molecule has 4 rings (SSSR count). The van der Waals surface area contributed by atoms with E-state index < -0.39 is 5.60 Å². The highest BCUT2D eigenvalue weighted by Crippen LogP contribution is 2.34. The van der Waals surface area contributed by atoms with E-state index in [-0.39, 0.29) is 17.7 Å². The number of aromatic amines is 2. The van der Waals surface area contributed by atoms with Crippen molar-refractivity contribution in [1.29, 1.82) is 0 Å². The first-order valence-electron chi connectivity index (χ1n) is 11.1. The number of likely N-dealkylation sites (tertiary alicyclic amines) is 1. The topological polar surface area (TPSA) is 83.1 Å². The fraction of sp³-hybridized carbons (Fsp3) is 0.458. The minimum absolute atomic E-state index is 0.0674. The van der Waals surface area contributed by atoms with Crippen molar-refractivity contribution in [3.8, 4) is 0 Å². The molecule has 1 atom stereocenters. The van der Waals surface area contributed by atoms with Gasteiger partial charge in [-0.15, -0.1) is 0 Å². The maximum atomic E-state index is 13.1. The third-order valence-electron chi connectivity index (χ3n) is 5.83. The van der Waals surface area contributed by atoms with E-state index in [1.54, 1.807) is 6.20 Å². The van der Waals surface area contributed by atoms with Gasteiger partial charge in [0.05, 0.1) is 18.1 Å². The lowest BCUT2D eigenvalue weighted by atomic mass is 9.95. The number of hydrogen-bond acceptors (Lipinski definition) is 4. The summed E-state index contributed by atoms with van der Waals surface area (Å²) < 4.78 is 8.05. The Morgan fingerprint density at radius 3 is 2.75 bits per heavy atom. The number of nitrogens with one attached hydrogen (secondary N) is 2. The molecule has 0 saturated carbocycles. The molecule has 1 aromatic carbocycles. The van der Waals surface area contributed by atoms with E-state index in [0.717, 1.165) is 42.3 Å². The summed E-state index contributed by atoms with van der Waals surface area (Å²) in [6, 6.07) is 9.96. The molecule has 7 nitrogen and oxygen atoms in total.